The number of aromatic nitrogens is 1. The number of allylic oxidation sites excluding steroid dienone is 2. The van der Waals surface area contributed by atoms with Crippen LogP contribution in [0, 0.1) is 29.7 Å². The molecule has 0 aliphatic heterocycles. The quantitative estimate of drug-likeness (QED) is 0.0846. The molecule has 4 aromatic heterocycles. The van der Waals surface area contributed by atoms with Crippen LogP contribution in [0.4, 0.5) is 0 Å². The van der Waals surface area contributed by atoms with E-state index in [-0.39, 0.29) is 47.9 Å². The molecule has 1 radical (unpaired) electrons. The number of pyridine rings is 1. The van der Waals surface area contributed by atoms with Gasteiger partial charge in [0, 0.05) is 78.7 Å². The molecule has 3 nitrogen and oxygen atoms in total. The van der Waals surface area contributed by atoms with Gasteiger partial charge in [-0.2, -0.15) is 11.3 Å². The molecule has 2 aromatic carbocycles. The molecule has 6 rings (SSSR count). The Morgan fingerprint density at radius 1 is 0.885 bits per heavy atom. The molecule has 0 aliphatic rings. The van der Waals surface area contributed by atoms with E-state index < -0.39 is 0 Å². The molecule has 7 heteroatoms. The summed E-state index contributed by atoms with van der Waals surface area (Å²) in [6.07, 6.45) is 7.89. The van der Waals surface area contributed by atoms with Crippen LogP contribution in [0.1, 0.15) is 118 Å². The number of aryl methyl sites for hydroxylation is 1. The van der Waals surface area contributed by atoms with E-state index in [1.807, 2.05) is 81.7 Å². The standard InChI is InChI=1S/C30H28NS3.C15H28O2.Ir/c1-16(2)13-24-17(3)25-22(33-24)7-8-23-26(25)20-9-11-31-27(29(20)34-23)19-14-18-10-12-32-28(18)21(15-19)30(4,5)6;1-7-14(5,8-2)12(16)11-13(17)15(6,9-3)10-4;/h7-12,15-16H,13H2,1-6H3;11,16H,7-10H2,1-6H3;/q-1;;/b;12-11-;. The first-order valence-electron chi connectivity index (χ1n) is 18.6. The van der Waals surface area contributed by atoms with Gasteiger partial charge in [-0.1, -0.05) is 87.3 Å². The second kappa shape index (κ2) is 16.5. The summed E-state index contributed by atoms with van der Waals surface area (Å²) in [5, 5.41) is 17.7. The maximum absolute atomic E-state index is 12.2. The Bertz CT molecular complexity index is 2220. The molecule has 0 fully saturated rings. The summed E-state index contributed by atoms with van der Waals surface area (Å²) in [5.41, 5.74) is 4.45. The summed E-state index contributed by atoms with van der Waals surface area (Å²) in [4.78, 5) is 18.6. The minimum Gasteiger partial charge on any atom is -0.512 e. The van der Waals surface area contributed by atoms with Crippen molar-refractivity contribution in [3.05, 3.63) is 75.8 Å². The van der Waals surface area contributed by atoms with Gasteiger partial charge in [-0.3, -0.25) is 9.78 Å². The molecule has 0 saturated heterocycles. The molecule has 4 heterocycles. The SMILES string of the molecule is CCC(C)(CC)C(=O)/C=C(\O)C(C)(CC)CC.Cc1c(CC(C)C)sc2ccc3sc4c(-c5[c-]c6ccsc6c(C(C)(C)C)c5)nccc4c3c12.[Ir]. The van der Waals surface area contributed by atoms with Crippen LogP contribution in [0.25, 0.3) is 51.6 Å². The zero-order chi connectivity index (χ0) is 37.5. The van der Waals surface area contributed by atoms with Gasteiger partial charge < -0.3 is 5.11 Å². The third kappa shape index (κ3) is 8.15. The molecule has 1 N–H and O–H groups in total. The van der Waals surface area contributed by atoms with Gasteiger partial charge in [0.05, 0.1) is 0 Å². The average Bonchev–Trinajstić information content (AvgIpc) is 3.81. The maximum Gasteiger partial charge on any atom is 0.164 e. The first kappa shape index (κ1) is 42.3. The van der Waals surface area contributed by atoms with Crippen molar-refractivity contribution in [3.63, 3.8) is 0 Å². The van der Waals surface area contributed by atoms with Gasteiger partial charge in [-0.25, -0.2) is 0 Å². The van der Waals surface area contributed by atoms with E-state index >= 15 is 0 Å². The number of fused-ring (bicyclic) bond motifs is 6. The average molecular weight is 931 g/mol. The predicted molar refractivity (Wildman–Crippen MR) is 227 cm³/mol. The van der Waals surface area contributed by atoms with Crippen LogP contribution in [0.2, 0.25) is 0 Å². The van der Waals surface area contributed by atoms with Crippen molar-refractivity contribution in [1.82, 2.24) is 4.98 Å². The second-order valence-electron chi connectivity index (χ2n) is 16.1. The van der Waals surface area contributed by atoms with E-state index in [9.17, 15) is 9.90 Å². The molecular weight excluding hydrogens is 875 g/mol. The topological polar surface area (TPSA) is 50.2 Å². The number of hydrogen-bond acceptors (Lipinski definition) is 6. The van der Waals surface area contributed by atoms with E-state index in [1.165, 1.54) is 62.4 Å². The Balaban J connectivity index is 0.000000289. The minimum atomic E-state index is -0.337. The Labute approximate surface area is 337 Å². The van der Waals surface area contributed by atoms with Crippen LogP contribution in [-0.4, -0.2) is 15.9 Å². The third-order valence-electron chi connectivity index (χ3n) is 11.3. The van der Waals surface area contributed by atoms with Crippen molar-refractivity contribution in [2.75, 3.05) is 0 Å². The van der Waals surface area contributed by atoms with Gasteiger partial charge in [-0.15, -0.1) is 46.3 Å². The summed E-state index contributed by atoms with van der Waals surface area (Å²) in [7, 11) is 0. The zero-order valence-corrected chi connectivity index (χ0v) is 37.9. The number of aliphatic hydroxyl groups excluding tert-OH is 1. The molecule has 281 valence electrons. The van der Waals surface area contributed by atoms with Gasteiger partial charge in [0.25, 0.3) is 0 Å². The molecule has 0 saturated carbocycles. The number of ketones is 1. The van der Waals surface area contributed by atoms with Crippen LogP contribution in [0.5, 0.6) is 0 Å². The van der Waals surface area contributed by atoms with Crippen molar-refractivity contribution < 1.29 is 30.0 Å². The summed E-state index contributed by atoms with van der Waals surface area (Å²) in [6.45, 7) is 25.9. The molecule has 0 unspecified atom stereocenters. The van der Waals surface area contributed by atoms with Crippen LogP contribution in [0.3, 0.4) is 0 Å². The second-order valence-corrected chi connectivity index (χ2v) is 19.2. The number of aliphatic hydroxyl groups is 1. The number of hydrogen-bond donors (Lipinski definition) is 1. The van der Waals surface area contributed by atoms with Gasteiger partial charge in [0.1, 0.15) is 5.76 Å². The summed E-state index contributed by atoms with van der Waals surface area (Å²) in [6, 6.07) is 15.1. The minimum absolute atomic E-state index is 0. The van der Waals surface area contributed by atoms with E-state index in [1.54, 1.807) is 0 Å². The summed E-state index contributed by atoms with van der Waals surface area (Å²) < 4.78 is 5.36. The fraction of sp³-hybridized carbons (Fsp3) is 0.467. The first-order valence-corrected chi connectivity index (χ1v) is 21.1. The number of rotatable bonds is 10. The van der Waals surface area contributed by atoms with Crippen molar-refractivity contribution in [1.29, 1.82) is 0 Å². The van der Waals surface area contributed by atoms with Gasteiger partial charge >= 0.3 is 0 Å². The van der Waals surface area contributed by atoms with E-state index in [0.717, 1.165) is 43.4 Å². The predicted octanol–water partition coefficient (Wildman–Crippen LogP) is 14.8. The third-order valence-corrected chi connectivity index (χ3v) is 14.7. The molecule has 0 bridgehead atoms. The number of carbonyl (C=O) groups is 1. The Morgan fingerprint density at radius 2 is 1.50 bits per heavy atom. The maximum atomic E-state index is 12.2. The molecule has 0 spiro atoms. The zero-order valence-electron chi connectivity index (χ0n) is 33.1. The fourth-order valence-electron chi connectivity index (χ4n) is 6.71. The Hall–Kier alpha value is -2.41. The van der Waals surface area contributed by atoms with Crippen molar-refractivity contribution in [3.8, 4) is 11.3 Å². The monoisotopic (exact) mass is 931 g/mol. The van der Waals surface area contributed by atoms with Gasteiger partial charge in [0.15, 0.2) is 5.78 Å². The number of nitrogens with zero attached hydrogens (tertiary/aromatic N) is 1. The molecule has 0 amide bonds. The van der Waals surface area contributed by atoms with Crippen LogP contribution in [-0.2, 0) is 36.7 Å². The van der Waals surface area contributed by atoms with Crippen molar-refractivity contribution >= 4 is 80.1 Å². The Kier molecular flexibility index (Phi) is 13.5. The van der Waals surface area contributed by atoms with Crippen LogP contribution < -0.4 is 0 Å². The van der Waals surface area contributed by atoms with Gasteiger partial charge in [0.2, 0.25) is 0 Å². The number of carbonyl (C=O) groups excluding carboxylic acids is 1. The molecule has 6 aromatic rings. The Morgan fingerprint density at radius 3 is 2.08 bits per heavy atom. The van der Waals surface area contributed by atoms with Crippen LogP contribution in [0.15, 0.2) is 53.7 Å². The van der Waals surface area contributed by atoms with Crippen molar-refractivity contribution in [2.45, 2.75) is 121 Å². The largest absolute Gasteiger partial charge is 0.512 e. The summed E-state index contributed by atoms with van der Waals surface area (Å²) in [5.74, 6) is 0.950. The van der Waals surface area contributed by atoms with Gasteiger partial charge in [-0.05, 0) is 89.6 Å². The van der Waals surface area contributed by atoms with E-state index in [4.69, 9.17) is 4.98 Å². The first-order chi connectivity index (χ1) is 24.0. The smallest absolute Gasteiger partial charge is 0.164 e. The summed E-state index contributed by atoms with van der Waals surface area (Å²) >= 11 is 5.66. The number of benzene rings is 2. The number of thiophene rings is 3. The van der Waals surface area contributed by atoms with E-state index in [0.29, 0.717) is 5.92 Å². The molecule has 0 aliphatic carbocycles. The van der Waals surface area contributed by atoms with Crippen LogP contribution >= 0.6 is 34.0 Å². The normalized spacial score (nSPS) is 12.9. The fourth-order valence-corrected chi connectivity index (χ4v) is 10.4. The van der Waals surface area contributed by atoms with Crippen molar-refractivity contribution in [2.24, 2.45) is 16.7 Å². The molecule has 0 atom stereocenters. The molecule has 52 heavy (non-hydrogen) atoms. The molecular formula is C45H56IrNO2S3-. The van der Waals surface area contributed by atoms with E-state index in [2.05, 4.69) is 83.3 Å².